The van der Waals surface area contributed by atoms with Crippen molar-refractivity contribution in [1.29, 1.82) is 0 Å². The first-order valence-corrected chi connectivity index (χ1v) is 8.66. The predicted octanol–water partition coefficient (Wildman–Crippen LogP) is 4.27. The van der Waals surface area contributed by atoms with Gasteiger partial charge in [0.2, 0.25) is 0 Å². The van der Waals surface area contributed by atoms with Gasteiger partial charge in [0.05, 0.1) is 0 Å². The monoisotopic (exact) mass is 349 g/mol. The van der Waals surface area contributed by atoms with E-state index >= 15 is 0 Å². The smallest absolute Gasteiger partial charge is 0.408 e. The van der Waals surface area contributed by atoms with E-state index < -0.39 is 28.8 Å². The molecule has 3 atom stereocenters. The van der Waals surface area contributed by atoms with E-state index in [0.717, 1.165) is 5.56 Å². The van der Waals surface area contributed by atoms with Crippen molar-refractivity contribution in [3.8, 4) is 0 Å². The summed E-state index contributed by atoms with van der Waals surface area (Å²) in [5.41, 5.74) is -1.38. The zero-order chi connectivity index (χ0) is 19.0. The lowest BCUT2D eigenvalue weighted by atomic mass is 10.1. The fourth-order valence-electron chi connectivity index (χ4n) is 3.16. The lowest BCUT2D eigenvalue weighted by Gasteiger charge is -2.27. The molecule has 1 aliphatic carbocycles. The predicted molar refractivity (Wildman–Crippen MR) is 98.4 cm³/mol. The molecule has 1 aliphatic rings. The maximum Gasteiger partial charge on any atom is 0.408 e. The average molecular weight is 349 g/mol. The average Bonchev–Trinajstić information content (AvgIpc) is 3.01. The highest BCUT2D eigenvalue weighted by molar-refractivity contribution is 5.92. The van der Waals surface area contributed by atoms with Gasteiger partial charge in [-0.1, -0.05) is 37.3 Å². The summed E-state index contributed by atoms with van der Waals surface area (Å²) < 4.78 is 11.0. The molecule has 5 nitrogen and oxygen atoms in total. The number of ether oxygens (including phenoxy) is 2. The Morgan fingerprint density at radius 1 is 1.00 bits per heavy atom. The number of esters is 1. The summed E-state index contributed by atoms with van der Waals surface area (Å²) in [5.74, 6) is -0.652. The lowest BCUT2D eigenvalue weighted by molar-refractivity contribution is -0.159. The standard InChI is InChI=1S/C20H29NO4.H2/c1-13-15(14-11-9-8-10-12-14)20(13,16(22)24-18(2,3)4)21-17(23)25-19(5,6)7;/h8-13,15H,1-7H3,(H,21,23);1H/t13?,15-,20+;/m1./s1. The zero-order valence-electron chi connectivity index (χ0n) is 16.2. The van der Waals surface area contributed by atoms with Crippen LogP contribution < -0.4 is 5.32 Å². The molecule has 1 amide bonds. The summed E-state index contributed by atoms with van der Waals surface area (Å²) in [6.07, 6.45) is -0.608. The summed E-state index contributed by atoms with van der Waals surface area (Å²) >= 11 is 0. The van der Waals surface area contributed by atoms with Gasteiger partial charge < -0.3 is 14.8 Å². The molecule has 0 spiro atoms. The number of alkyl carbamates (subject to hydrolysis) is 1. The Balaban J connectivity index is 0.00000338. The van der Waals surface area contributed by atoms with Gasteiger partial charge in [-0.25, -0.2) is 9.59 Å². The quantitative estimate of drug-likeness (QED) is 0.828. The molecule has 0 bridgehead atoms. The minimum absolute atomic E-state index is 0. The Hall–Kier alpha value is -2.04. The van der Waals surface area contributed by atoms with Crippen LogP contribution in [0.1, 0.15) is 61.4 Å². The van der Waals surface area contributed by atoms with Gasteiger partial charge in [-0.2, -0.15) is 0 Å². The maximum atomic E-state index is 12.9. The molecule has 25 heavy (non-hydrogen) atoms. The summed E-state index contributed by atoms with van der Waals surface area (Å²) in [5, 5.41) is 2.81. The number of nitrogens with one attached hydrogen (secondary N) is 1. The third-order valence-corrected chi connectivity index (χ3v) is 4.20. The Kier molecular flexibility index (Phi) is 4.90. The van der Waals surface area contributed by atoms with Crippen LogP contribution in [0.25, 0.3) is 0 Å². The number of benzene rings is 1. The molecular weight excluding hydrogens is 318 g/mol. The van der Waals surface area contributed by atoms with Crippen LogP contribution >= 0.6 is 0 Å². The molecule has 1 saturated carbocycles. The van der Waals surface area contributed by atoms with Crippen LogP contribution in [0.3, 0.4) is 0 Å². The molecule has 1 fully saturated rings. The molecule has 5 heteroatoms. The summed E-state index contributed by atoms with van der Waals surface area (Å²) in [7, 11) is 0. The third kappa shape index (κ3) is 4.33. The Morgan fingerprint density at radius 3 is 2.00 bits per heavy atom. The van der Waals surface area contributed by atoms with Gasteiger partial charge in [-0.05, 0) is 47.1 Å². The first-order valence-electron chi connectivity index (χ1n) is 8.66. The lowest BCUT2D eigenvalue weighted by Crippen LogP contribution is -2.50. The minimum Gasteiger partial charge on any atom is -0.458 e. The van der Waals surface area contributed by atoms with Gasteiger partial charge in [0.25, 0.3) is 0 Å². The minimum atomic E-state index is -1.10. The van der Waals surface area contributed by atoms with Crippen LogP contribution in [0.2, 0.25) is 0 Å². The highest BCUT2D eigenvalue weighted by Crippen LogP contribution is 2.58. The SMILES string of the molecule is CC1[C@H](c2ccccc2)[C@]1(NC(=O)OC(C)(C)C)C(=O)OC(C)(C)C.[HH]. The van der Waals surface area contributed by atoms with Crippen LogP contribution in [0, 0.1) is 5.92 Å². The molecule has 0 aromatic heterocycles. The van der Waals surface area contributed by atoms with Crippen molar-refractivity contribution in [1.82, 2.24) is 5.32 Å². The van der Waals surface area contributed by atoms with E-state index in [0.29, 0.717) is 0 Å². The van der Waals surface area contributed by atoms with Crippen molar-refractivity contribution in [2.24, 2.45) is 5.92 Å². The molecular formula is C20H31NO4. The van der Waals surface area contributed by atoms with Gasteiger partial charge in [0, 0.05) is 13.3 Å². The second kappa shape index (κ2) is 6.36. The summed E-state index contributed by atoms with van der Waals surface area (Å²) in [6.45, 7) is 12.8. The van der Waals surface area contributed by atoms with Crippen LogP contribution in [-0.4, -0.2) is 28.8 Å². The van der Waals surface area contributed by atoms with Crippen molar-refractivity contribution in [2.45, 2.75) is 71.1 Å². The second-order valence-electron chi connectivity index (χ2n) is 8.67. The highest BCUT2D eigenvalue weighted by Gasteiger charge is 2.70. The molecule has 1 unspecified atom stereocenters. The number of hydrogen-bond acceptors (Lipinski definition) is 4. The van der Waals surface area contributed by atoms with Crippen molar-refractivity contribution in [2.75, 3.05) is 0 Å². The number of carbonyl (C=O) groups excluding carboxylic acids is 2. The largest absolute Gasteiger partial charge is 0.458 e. The van der Waals surface area contributed by atoms with E-state index in [1.54, 1.807) is 20.8 Å². The van der Waals surface area contributed by atoms with Crippen LogP contribution in [0.4, 0.5) is 4.79 Å². The molecule has 0 aliphatic heterocycles. The summed E-state index contributed by atoms with van der Waals surface area (Å²) in [6, 6.07) is 9.70. The highest BCUT2D eigenvalue weighted by atomic mass is 16.6. The fourth-order valence-corrected chi connectivity index (χ4v) is 3.16. The molecule has 2 rings (SSSR count). The molecule has 1 aromatic carbocycles. The Morgan fingerprint density at radius 2 is 1.52 bits per heavy atom. The van der Waals surface area contributed by atoms with Gasteiger partial charge in [-0.3, -0.25) is 0 Å². The first kappa shape index (κ1) is 19.3. The van der Waals surface area contributed by atoms with Crippen LogP contribution in [0.5, 0.6) is 0 Å². The van der Waals surface area contributed by atoms with Gasteiger partial charge >= 0.3 is 12.1 Å². The third-order valence-electron chi connectivity index (χ3n) is 4.20. The van der Waals surface area contributed by atoms with Gasteiger partial charge in [0.15, 0.2) is 5.54 Å². The van der Waals surface area contributed by atoms with Crippen LogP contribution in [0.15, 0.2) is 30.3 Å². The van der Waals surface area contributed by atoms with Gasteiger partial charge in [-0.15, -0.1) is 0 Å². The molecule has 140 valence electrons. The first-order chi connectivity index (χ1) is 11.4. The van der Waals surface area contributed by atoms with Crippen LogP contribution in [-0.2, 0) is 14.3 Å². The topological polar surface area (TPSA) is 64.6 Å². The number of hydrogen-bond donors (Lipinski definition) is 1. The number of amides is 1. The van der Waals surface area contributed by atoms with Gasteiger partial charge in [0.1, 0.15) is 11.2 Å². The van der Waals surface area contributed by atoms with Crippen molar-refractivity contribution in [3.63, 3.8) is 0 Å². The fraction of sp³-hybridized carbons (Fsp3) is 0.600. The van der Waals surface area contributed by atoms with E-state index in [-0.39, 0.29) is 13.3 Å². The zero-order valence-corrected chi connectivity index (χ0v) is 16.2. The molecule has 1 aromatic rings. The Labute approximate surface area is 151 Å². The van der Waals surface area contributed by atoms with Crippen molar-refractivity contribution in [3.05, 3.63) is 35.9 Å². The molecule has 0 saturated heterocycles. The molecule has 1 N–H and O–H groups in total. The Bertz CT molecular complexity index is 648. The molecule has 0 radical (unpaired) electrons. The van der Waals surface area contributed by atoms with E-state index in [1.165, 1.54) is 0 Å². The van der Waals surface area contributed by atoms with E-state index in [2.05, 4.69) is 5.32 Å². The van der Waals surface area contributed by atoms with E-state index in [4.69, 9.17) is 9.47 Å². The van der Waals surface area contributed by atoms with Crippen molar-refractivity contribution < 1.29 is 20.5 Å². The molecule has 0 heterocycles. The normalized spacial score (nSPS) is 25.9. The van der Waals surface area contributed by atoms with E-state index in [1.807, 2.05) is 58.0 Å². The summed E-state index contributed by atoms with van der Waals surface area (Å²) in [4.78, 5) is 25.3. The number of rotatable bonds is 3. The second-order valence-corrected chi connectivity index (χ2v) is 8.67. The number of carbonyl (C=O) groups is 2. The maximum absolute atomic E-state index is 12.9. The van der Waals surface area contributed by atoms with Crippen molar-refractivity contribution >= 4 is 12.1 Å². The van der Waals surface area contributed by atoms with E-state index in [9.17, 15) is 9.59 Å².